The normalized spacial score (nSPS) is 23.3. The smallest absolute Gasteiger partial charge is 0.225 e. The summed E-state index contributed by atoms with van der Waals surface area (Å²) in [5.74, 6) is 0.738. The molecule has 3 aliphatic rings. The van der Waals surface area contributed by atoms with Gasteiger partial charge in [0.1, 0.15) is 0 Å². The quantitative estimate of drug-likeness (QED) is 0.618. The summed E-state index contributed by atoms with van der Waals surface area (Å²) in [4.78, 5) is 19.8. The van der Waals surface area contributed by atoms with Crippen molar-refractivity contribution in [3.63, 3.8) is 0 Å². The van der Waals surface area contributed by atoms with Gasteiger partial charge in [-0.3, -0.25) is 14.4 Å². The molecule has 2 saturated heterocycles. The molecule has 1 unspecified atom stereocenters. The molecule has 0 N–H and O–H groups in total. The predicted molar refractivity (Wildman–Crippen MR) is 117 cm³/mol. The number of rotatable bonds is 9. The van der Waals surface area contributed by atoms with E-state index >= 15 is 0 Å². The number of likely N-dealkylation sites (tertiary alicyclic amines) is 1. The van der Waals surface area contributed by atoms with Crippen molar-refractivity contribution in [1.82, 2.24) is 24.5 Å². The van der Waals surface area contributed by atoms with E-state index in [0.29, 0.717) is 30.0 Å². The van der Waals surface area contributed by atoms with Crippen LogP contribution in [-0.4, -0.2) is 88.9 Å². The number of ether oxygens (including phenoxy) is 1. The van der Waals surface area contributed by atoms with Crippen LogP contribution < -0.4 is 0 Å². The zero-order chi connectivity index (χ0) is 21.1. The molecular formula is C23H39N5O2. The highest BCUT2D eigenvalue weighted by Crippen LogP contribution is 2.33. The summed E-state index contributed by atoms with van der Waals surface area (Å²) in [5, 5.41) is 4.47. The molecule has 4 rings (SSSR count). The summed E-state index contributed by atoms with van der Waals surface area (Å²) in [6, 6.07) is 1.47. The van der Waals surface area contributed by atoms with Crippen molar-refractivity contribution < 1.29 is 9.53 Å². The lowest BCUT2D eigenvalue weighted by molar-refractivity contribution is -0.131. The SMILES string of the molecule is CC(C)n1cc(CN(C)CCN(C2CCOCC2)C2CCN(C(=O)C3CC3)C2)cn1. The lowest BCUT2D eigenvalue weighted by Crippen LogP contribution is -2.49. The summed E-state index contributed by atoms with van der Waals surface area (Å²) < 4.78 is 7.66. The number of likely N-dealkylation sites (N-methyl/N-ethyl adjacent to an activating group) is 1. The molecule has 2 aliphatic heterocycles. The molecule has 0 bridgehead atoms. The summed E-state index contributed by atoms with van der Waals surface area (Å²) in [5.41, 5.74) is 1.27. The van der Waals surface area contributed by atoms with Gasteiger partial charge < -0.3 is 14.5 Å². The molecule has 1 aliphatic carbocycles. The van der Waals surface area contributed by atoms with Crippen LogP contribution in [0.5, 0.6) is 0 Å². The molecule has 168 valence electrons. The fourth-order valence-corrected chi connectivity index (χ4v) is 4.90. The molecule has 1 aromatic heterocycles. The molecular weight excluding hydrogens is 378 g/mol. The summed E-state index contributed by atoms with van der Waals surface area (Å²) in [7, 11) is 2.20. The van der Waals surface area contributed by atoms with E-state index in [4.69, 9.17) is 4.74 Å². The van der Waals surface area contributed by atoms with Gasteiger partial charge >= 0.3 is 0 Å². The highest BCUT2D eigenvalue weighted by molar-refractivity contribution is 5.81. The Morgan fingerprint density at radius 3 is 2.60 bits per heavy atom. The number of carbonyl (C=O) groups excluding carboxylic acids is 1. The Labute approximate surface area is 181 Å². The second-order valence-corrected chi connectivity index (χ2v) is 9.74. The molecule has 7 heteroatoms. The summed E-state index contributed by atoms with van der Waals surface area (Å²) in [6.45, 7) is 10.9. The van der Waals surface area contributed by atoms with Crippen molar-refractivity contribution in [2.45, 2.75) is 70.6 Å². The maximum absolute atomic E-state index is 12.5. The molecule has 3 heterocycles. The zero-order valence-electron chi connectivity index (χ0n) is 19.0. The fourth-order valence-electron chi connectivity index (χ4n) is 4.90. The fraction of sp³-hybridized carbons (Fsp3) is 0.826. The summed E-state index contributed by atoms with van der Waals surface area (Å²) >= 11 is 0. The van der Waals surface area contributed by atoms with E-state index in [-0.39, 0.29) is 0 Å². The van der Waals surface area contributed by atoms with Crippen LogP contribution in [-0.2, 0) is 16.1 Å². The number of amides is 1. The molecule has 7 nitrogen and oxygen atoms in total. The van der Waals surface area contributed by atoms with Gasteiger partial charge in [0.15, 0.2) is 0 Å². The lowest BCUT2D eigenvalue weighted by atomic mass is 10.0. The molecule has 0 radical (unpaired) electrons. The van der Waals surface area contributed by atoms with Gasteiger partial charge in [-0.2, -0.15) is 5.10 Å². The van der Waals surface area contributed by atoms with Crippen LogP contribution in [0.25, 0.3) is 0 Å². The van der Waals surface area contributed by atoms with Gasteiger partial charge in [-0.25, -0.2) is 0 Å². The van der Waals surface area contributed by atoms with Gasteiger partial charge in [0.05, 0.1) is 6.20 Å². The number of nitrogens with zero attached hydrogens (tertiary/aromatic N) is 5. The average Bonchev–Trinajstić information content (AvgIpc) is 3.29. The van der Waals surface area contributed by atoms with Crippen molar-refractivity contribution in [3.8, 4) is 0 Å². The van der Waals surface area contributed by atoms with Crippen LogP contribution >= 0.6 is 0 Å². The van der Waals surface area contributed by atoms with E-state index in [1.165, 1.54) is 5.56 Å². The van der Waals surface area contributed by atoms with Crippen LogP contribution in [0, 0.1) is 5.92 Å². The first kappa shape index (κ1) is 21.8. The van der Waals surface area contributed by atoms with Gasteiger partial charge in [-0.05, 0) is 53.0 Å². The highest BCUT2D eigenvalue weighted by Gasteiger charge is 2.39. The zero-order valence-corrected chi connectivity index (χ0v) is 19.0. The maximum Gasteiger partial charge on any atom is 0.225 e. The van der Waals surface area contributed by atoms with Gasteiger partial charge in [0, 0.05) is 81.7 Å². The third kappa shape index (κ3) is 5.42. The van der Waals surface area contributed by atoms with Crippen LogP contribution in [0.2, 0.25) is 0 Å². The van der Waals surface area contributed by atoms with E-state index in [1.807, 2.05) is 10.9 Å². The first-order chi connectivity index (χ1) is 14.5. The van der Waals surface area contributed by atoms with Crippen molar-refractivity contribution >= 4 is 5.91 Å². The number of hydrogen-bond acceptors (Lipinski definition) is 5. The molecule has 1 aromatic rings. The van der Waals surface area contributed by atoms with E-state index in [2.05, 4.69) is 46.9 Å². The van der Waals surface area contributed by atoms with E-state index in [0.717, 1.165) is 78.0 Å². The largest absolute Gasteiger partial charge is 0.381 e. The molecule has 1 saturated carbocycles. The van der Waals surface area contributed by atoms with Crippen LogP contribution in [0.1, 0.15) is 57.6 Å². The van der Waals surface area contributed by atoms with Crippen molar-refractivity contribution in [1.29, 1.82) is 0 Å². The minimum atomic E-state index is 0.332. The topological polar surface area (TPSA) is 53.8 Å². The Morgan fingerprint density at radius 2 is 1.93 bits per heavy atom. The second-order valence-electron chi connectivity index (χ2n) is 9.74. The Kier molecular flexibility index (Phi) is 7.11. The number of aromatic nitrogens is 2. The second kappa shape index (κ2) is 9.79. The Bertz CT molecular complexity index is 696. The van der Waals surface area contributed by atoms with Gasteiger partial charge in [-0.15, -0.1) is 0 Å². The Hall–Kier alpha value is -1.44. The van der Waals surface area contributed by atoms with Gasteiger partial charge in [0.25, 0.3) is 0 Å². The summed E-state index contributed by atoms with van der Waals surface area (Å²) in [6.07, 6.45) is 9.68. The molecule has 1 amide bonds. The van der Waals surface area contributed by atoms with Crippen molar-refractivity contribution in [2.75, 3.05) is 46.4 Å². The van der Waals surface area contributed by atoms with E-state index in [1.54, 1.807) is 0 Å². The van der Waals surface area contributed by atoms with Crippen molar-refractivity contribution in [3.05, 3.63) is 18.0 Å². The van der Waals surface area contributed by atoms with Crippen molar-refractivity contribution in [2.24, 2.45) is 5.92 Å². The minimum absolute atomic E-state index is 0.332. The molecule has 0 spiro atoms. The Morgan fingerprint density at radius 1 is 1.17 bits per heavy atom. The average molecular weight is 418 g/mol. The number of carbonyl (C=O) groups is 1. The Balaban J connectivity index is 1.33. The van der Waals surface area contributed by atoms with Gasteiger partial charge in [-0.1, -0.05) is 0 Å². The van der Waals surface area contributed by atoms with Crippen LogP contribution in [0.3, 0.4) is 0 Å². The molecule has 1 atom stereocenters. The monoisotopic (exact) mass is 417 g/mol. The maximum atomic E-state index is 12.5. The standard InChI is InChI=1S/C23H39N5O2/c1-18(2)28-16-19(14-24-28)15-25(3)10-11-27(21-7-12-30-13-8-21)22-6-9-26(17-22)23(29)20-4-5-20/h14,16,18,20-22H,4-13,15,17H2,1-3H3. The van der Waals surface area contributed by atoms with Gasteiger partial charge in [0.2, 0.25) is 5.91 Å². The third-order valence-corrected chi connectivity index (χ3v) is 6.91. The first-order valence-corrected chi connectivity index (χ1v) is 11.8. The first-order valence-electron chi connectivity index (χ1n) is 11.8. The predicted octanol–water partition coefficient (Wildman–Crippen LogP) is 2.39. The highest BCUT2D eigenvalue weighted by atomic mass is 16.5. The van der Waals surface area contributed by atoms with E-state index in [9.17, 15) is 4.79 Å². The van der Waals surface area contributed by atoms with Crippen LogP contribution in [0.4, 0.5) is 0 Å². The lowest BCUT2D eigenvalue weighted by Gasteiger charge is -2.39. The number of hydrogen-bond donors (Lipinski definition) is 0. The minimum Gasteiger partial charge on any atom is -0.381 e. The third-order valence-electron chi connectivity index (χ3n) is 6.91. The molecule has 30 heavy (non-hydrogen) atoms. The molecule has 3 fully saturated rings. The van der Waals surface area contributed by atoms with E-state index < -0.39 is 0 Å². The molecule has 0 aromatic carbocycles. The van der Waals surface area contributed by atoms with Crippen LogP contribution in [0.15, 0.2) is 12.4 Å².